The molecular formula is C36H41ClFN5O4. The molecule has 0 spiro atoms. The first-order chi connectivity index (χ1) is 22.5. The van der Waals surface area contributed by atoms with Crippen molar-refractivity contribution in [2.45, 2.75) is 76.6 Å². The Morgan fingerprint density at radius 1 is 1.04 bits per heavy atom. The van der Waals surface area contributed by atoms with E-state index in [1.807, 2.05) is 45.0 Å². The molecule has 47 heavy (non-hydrogen) atoms. The summed E-state index contributed by atoms with van der Waals surface area (Å²) in [7, 11) is 2.08. The maximum Gasteiger partial charge on any atom is 0.410 e. The van der Waals surface area contributed by atoms with Gasteiger partial charge in [-0.2, -0.15) is 9.97 Å². The van der Waals surface area contributed by atoms with Gasteiger partial charge in [-0.1, -0.05) is 35.9 Å². The van der Waals surface area contributed by atoms with Crippen LogP contribution >= 0.6 is 11.6 Å². The lowest BCUT2D eigenvalue weighted by Crippen LogP contribution is -2.43. The quantitative estimate of drug-likeness (QED) is 0.237. The molecule has 3 aromatic carbocycles. The topological polar surface area (TPSA) is 91.3 Å². The number of likely N-dealkylation sites (tertiary alicyclic amines) is 2. The molecule has 2 unspecified atom stereocenters. The summed E-state index contributed by atoms with van der Waals surface area (Å²) in [6.07, 6.45) is 4.25. The molecule has 3 saturated heterocycles. The average Bonchev–Trinajstić information content (AvgIpc) is 3.55. The number of rotatable bonds is 5. The van der Waals surface area contributed by atoms with Crippen molar-refractivity contribution in [2.75, 3.05) is 38.2 Å². The van der Waals surface area contributed by atoms with Gasteiger partial charge in [-0.15, -0.1) is 0 Å². The number of nitrogens with zero attached hydrogens (tertiary/aromatic N) is 5. The predicted molar refractivity (Wildman–Crippen MR) is 182 cm³/mol. The normalized spacial score (nSPS) is 21.9. The van der Waals surface area contributed by atoms with Crippen LogP contribution in [0.25, 0.3) is 32.8 Å². The maximum atomic E-state index is 17.0. The van der Waals surface area contributed by atoms with Crippen molar-refractivity contribution in [3.05, 3.63) is 53.3 Å². The molecule has 0 radical (unpaired) electrons. The summed E-state index contributed by atoms with van der Waals surface area (Å²) in [6.45, 7) is 8.00. The number of fused-ring (bicyclic) bond motifs is 4. The van der Waals surface area contributed by atoms with Gasteiger partial charge in [0.05, 0.1) is 5.02 Å². The number of carbonyl (C=O) groups is 1. The monoisotopic (exact) mass is 661 g/mol. The summed E-state index contributed by atoms with van der Waals surface area (Å²) in [5, 5.41) is 12.8. The molecule has 3 fully saturated rings. The fraction of sp³-hybridized carbons (Fsp3) is 0.472. The number of anilines is 1. The van der Waals surface area contributed by atoms with E-state index < -0.39 is 11.4 Å². The van der Waals surface area contributed by atoms with Crippen molar-refractivity contribution in [1.82, 2.24) is 19.8 Å². The minimum absolute atomic E-state index is 0.0121. The zero-order chi connectivity index (χ0) is 33.0. The molecule has 248 valence electrons. The summed E-state index contributed by atoms with van der Waals surface area (Å²) in [6, 6.07) is 12.8. The van der Waals surface area contributed by atoms with Gasteiger partial charge in [0.1, 0.15) is 29.3 Å². The molecule has 9 nitrogen and oxygen atoms in total. The Balaban J connectivity index is 1.35. The Labute approximate surface area is 279 Å². The van der Waals surface area contributed by atoms with Gasteiger partial charge in [0.25, 0.3) is 0 Å². The van der Waals surface area contributed by atoms with E-state index in [2.05, 4.69) is 21.8 Å². The van der Waals surface area contributed by atoms with Crippen LogP contribution in [0.4, 0.5) is 15.0 Å². The Bertz CT molecular complexity index is 1850. The molecule has 3 aliphatic heterocycles. The highest BCUT2D eigenvalue weighted by atomic mass is 35.5. The number of hydrogen-bond acceptors (Lipinski definition) is 8. The highest BCUT2D eigenvalue weighted by Gasteiger charge is 2.41. The van der Waals surface area contributed by atoms with Gasteiger partial charge in [-0.25, -0.2) is 9.18 Å². The van der Waals surface area contributed by atoms with Crippen LogP contribution in [0, 0.1) is 5.82 Å². The van der Waals surface area contributed by atoms with Crippen LogP contribution in [0.15, 0.2) is 42.5 Å². The third-order valence-corrected chi connectivity index (χ3v) is 10.0. The predicted octanol–water partition coefficient (Wildman–Crippen LogP) is 7.40. The molecule has 1 N–H and O–H groups in total. The van der Waals surface area contributed by atoms with E-state index in [0.29, 0.717) is 42.9 Å². The Morgan fingerprint density at radius 3 is 2.60 bits per heavy atom. The Kier molecular flexibility index (Phi) is 8.29. The standard InChI is InChI=1S/C36H41ClFN5O4/c1-36(2,3)47-35(45)42-15-13-22-11-12-23(19-42)43(22)33-28-18-29(37)30(27-17-25(44)16-21-8-5-6-10-26(21)27)31(38)32(28)39-34(40-33)46-20-24-9-7-14-41(24)4/h5-6,8,10,16-18,22-24,44H,7,9,11-15,19-20H2,1-4H3/t22?,23?,24-/m0/s1. The number of hydrogen-bond donors (Lipinski definition) is 1. The van der Waals surface area contributed by atoms with E-state index in [0.717, 1.165) is 43.0 Å². The summed E-state index contributed by atoms with van der Waals surface area (Å²) in [5.74, 6) is -0.0400. The van der Waals surface area contributed by atoms with E-state index in [4.69, 9.17) is 26.1 Å². The molecule has 3 aliphatic rings. The number of halogens is 2. The van der Waals surface area contributed by atoms with Crippen molar-refractivity contribution in [1.29, 1.82) is 0 Å². The van der Waals surface area contributed by atoms with Gasteiger partial charge in [0.15, 0.2) is 5.82 Å². The fourth-order valence-corrected chi connectivity index (χ4v) is 7.74. The number of phenols is 1. The Hall–Kier alpha value is -3.89. The summed E-state index contributed by atoms with van der Waals surface area (Å²) in [4.78, 5) is 29.0. The molecule has 3 atom stereocenters. The van der Waals surface area contributed by atoms with Crippen molar-refractivity contribution in [3.8, 4) is 22.9 Å². The molecule has 0 aliphatic carbocycles. The first kappa shape index (κ1) is 31.7. The maximum absolute atomic E-state index is 17.0. The smallest absolute Gasteiger partial charge is 0.410 e. The second kappa shape index (κ2) is 12.3. The molecule has 0 saturated carbocycles. The van der Waals surface area contributed by atoms with E-state index in [9.17, 15) is 9.90 Å². The van der Waals surface area contributed by atoms with Crippen LogP contribution in [0.3, 0.4) is 0 Å². The minimum atomic E-state index is -0.604. The van der Waals surface area contributed by atoms with Crippen molar-refractivity contribution in [2.24, 2.45) is 0 Å². The summed E-state index contributed by atoms with van der Waals surface area (Å²) in [5.41, 5.74) is 0.136. The molecule has 1 aromatic heterocycles. The first-order valence-electron chi connectivity index (χ1n) is 16.5. The number of carbonyl (C=O) groups excluding carboxylic acids is 1. The van der Waals surface area contributed by atoms with Crippen LogP contribution < -0.4 is 9.64 Å². The lowest BCUT2D eigenvalue weighted by atomic mass is 9.96. The molecule has 7 rings (SSSR count). The number of amides is 1. The number of likely N-dealkylation sites (N-methyl/N-ethyl adjacent to an activating group) is 1. The van der Waals surface area contributed by atoms with E-state index in [-0.39, 0.29) is 52.1 Å². The van der Waals surface area contributed by atoms with E-state index in [1.54, 1.807) is 17.0 Å². The molecule has 4 aromatic rings. The van der Waals surface area contributed by atoms with Gasteiger partial charge in [0.2, 0.25) is 0 Å². The van der Waals surface area contributed by atoms with Crippen molar-refractivity contribution < 1.29 is 23.8 Å². The van der Waals surface area contributed by atoms with Crippen molar-refractivity contribution in [3.63, 3.8) is 0 Å². The molecule has 2 bridgehead atoms. The average molecular weight is 662 g/mol. The van der Waals surface area contributed by atoms with Crippen LogP contribution in [-0.4, -0.2) is 88.0 Å². The van der Waals surface area contributed by atoms with Crippen LogP contribution in [0.5, 0.6) is 11.8 Å². The van der Waals surface area contributed by atoms with Crippen LogP contribution in [0.1, 0.15) is 52.9 Å². The third kappa shape index (κ3) is 6.13. The second-order valence-electron chi connectivity index (χ2n) is 14.1. The van der Waals surface area contributed by atoms with Crippen LogP contribution in [-0.2, 0) is 4.74 Å². The lowest BCUT2D eigenvalue weighted by molar-refractivity contribution is 0.0243. The number of benzene rings is 3. The third-order valence-electron chi connectivity index (χ3n) is 9.71. The highest BCUT2D eigenvalue weighted by molar-refractivity contribution is 6.35. The van der Waals surface area contributed by atoms with E-state index in [1.165, 1.54) is 6.07 Å². The second-order valence-corrected chi connectivity index (χ2v) is 14.5. The van der Waals surface area contributed by atoms with Gasteiger partial charge in [-0.3, -0.25) is 0 Å². The first-order valence-corrected chi connectivity index (χ1v) is 16.9. The number of ether oxygens (including phenoxy) is 2. The summed E-state index contributed by atoms with van der Waals surface area (Å²) < 4.78 is 29.0. The number of aromatic nitrogens is 2. The van der Waals surface area contributed by atoms with Gasteiger partial charge in [-0.05, 0) is 101 Å². The lowest BCUT2D eigenvalue weighted by Gasteiger charge is -2.31. The van der Waals surface area contributed by atoms with Crippen molar-refractivity contribution >= 4 is 45.2 Å². The number of phenolic OH excluding ortho intramolecular Hbond substituents is 1. The largest absolute Gasteiger partial charge is 0.508 e. The molecular weight excluding hydrogens is 621 g/mol. The van der Waals surface area contributed by atoms with Gasteiger partial charge in [0, 0.05) is 42.2 Å². The molecule has 11 heteroatoms. The minimum Gasteiger partial charge on any atom is -0.508 e. The fourth-order valence-electron chi connectivity index (χ4n) is 7.44. The SMILES string of the molecule is CN1CCC[C@H]1COc1nc(N2C3CCC2CN(C(=O)OC(C)(C)C)CC3)c2cc(Cl)c(-c3cc(O)cc4ccccc34)c(F)c2n1. The number of aromatic hydroxyl groups is 1. The zero-order valence-corrected chi connectivity index (χ0v) is 28.1. The van der Waals surface area contributed by atoms with Gasteiger partial charge < -0.3 is 29.3 Å². The van der Waals surface area contributed by atoms with Crippen LogP contribution in [0.2, 0.25) is 5.02 Å². The molecule has 4 heterocycles. The Morgan fingerprint density at radius 2 is 1.83 bits per heavy atom. The highest BCUT2D eigenvalue weighted by Crippen LogP contribution is 2.44. The summed E-state index contributed by atoms with van der Waals surface area (Å²) >= 11 is 6.95. The zero-order valence-electron chi connectivity index (χ0n) is 27.3. The van der Waals surface area contributed by atoms with E-state index >= 15 is 4.39 Å². The molecule has 1 amide bonds. The van der Waals surface area contributed by atoms with Gasteiger partial charge >= 0.3 is 12.1 Å².